The number of benzene rings is 1. The fourth-order valence-corrected chi connectivity index (χ4v) is 1.99. The summed E-state index contributed by atoms with van der Waals surface area (Å²) in [6.45, 7) is 1.38. The Labute approximate surface area is 133 Å². The average Bonchev–Trinajstić information content (AvgIpc) is 2.49. The number of rotatable bonds is 6. The molecule has 0 N–H and O–H groups in total. The van der Waals surface area contributed by atoms with Crippen LogP contribution in [-0.4, -0.2) is 42.8 Å². The fraction of sp³-hybridized carbons (Fsp3) is 0.250. The molecule has 0 atom stereocenters. The summed E-state index contributed by atoms with van der Waals surface area (Å²) in [5.74, 6) is 0. The molecule has 0 unspecified atom stereocenters. The van der Waals surface area contributed by atoms with Crippen molar-refractivity contribution in [2.24, 2.45) is 5.16 Å². The van der Waals surface area contributed by atoms with E-state index in [9.17, 15) is 0 Å². The summed E-state index contributed by atoms with van der Waals surface area (Å²) in [5.41, 5.74) is 2.80. The third kappa shape index (κ3) is 4.95. The predicted octanol–water partition coefficient (Wildman–Crippen LogP) is 3.17. The summed E-state index contributed by atoms with van der Waals surface area (Å²) < 4.78 is 1.04. The van der Waals surface area contributed by atoms with Crippen LogP contribution in [0.15, 0.2) is 58.4 Å². The predicted molar refractivity (Wildman–Crippen MR) is 88.5 cm³/mol. The highest BCUT2D eigenvalue weighted by atomic mass is 79.9. The zero-order chi connectivity index (χ0) is 15.1. The van der Waals surface area contributed by atoms with Crippen molar-refractivity contribution in [1.29, 1.82) is 0 Å². The standard InChI is InChI=1S/C16H18BrN3O/c1-20(2)11-12-21-19-16(14-7-9-18-10-8-14)13-3-5-15(17)6-4-13/h3-10H,11-12H2,1-2H3/b19-16-. The van der Waals surface area contributed by atoms with Crippen LogP contribution in [0, 0.1) is 0 Å². The molecule has 1 aromatic heterocycles. The molecule has 0 spiro atoms. The van der Waals surface area contributed by atoms with Crippen LogP contribution in [0.25, 0.3) is 0 Å². The highest BCUT2D eigenvalue weighted by molar-refractivity contribution is 9.10. The Kier molecular flexibility index (Phi) is 5.90. The molecule has 0 aliphatic heterocycles. The second kappa shape index (κ2) is 7.90. The quantitative estimate of drug-likeness (QED) is 0.457. The van der Waals surface area contributed by atoms with Gasteiger partial charge in [-0.15, -0.1) is 0 Å². The van der Waals surface area contributed by atoms with Gasteiger partial charge in [0.2, 0.25) is 0 Å². The minimum absolute atomic E-state index is 0.554. The Morgan fingerprint density at radius 2 is 1.71 bits per heavy atom. The lowest BCUT2D eigenvalue weighted by atomic mass is 10.0. The second-order valence-corrected chi connectivity index (χ2v) is 5.73. The van der Waals surface area contributed by atoms with Crippen molar-refractivity contribution < 1.29 is 4.84 Å². The molecule has 4 nitrogen and oxygen atoms in total. The number of aromatic nitrogens is 1. The van der Waals surface area contributed by atoms with E-state index in [-0.39, 0.29) is 0 Å². The first kappa shape index (κ1) is 15.7. The van der Waals surface area contributed by atoms with Gasteiger partial charge in [-0.3, -0.25) is 4.98 Å². The van der Waals surface area contributed by atoms with Gasteiger partial charge in [0.15, 0.2) is 0 Å². The number of hydrogen-bond acceptors (Lipinski definition) is 4. The summed E-state index contributed by atoms with van der Waals surface area (Å²) in [6, 6.07) is 11.9. The molecule has 2 rings (SSSR count). The van der Waals surface area contributed by atoms with Gasteiger partial charge in [0.1, 0.15) is 12.3 Å². The highest BCUT2D eigenvalue weighted by Gasteiger charge is 2.08. The van der Waals surface area contributed by atoms with E-state index in [1.807, 2.05) is 50.5 Å². The summed E-state index contributed by atoms with van der Waals surface area (Å²) >= 11 is 3.44. The van der Waals surface area contributed by atoms with Gasteiger partial charge in [-0.1, -0.05) is 33.2 Å². The summed E-state index contributed by atoms with van der Waals surface area (Å²) in [5, 5.41) is 4.31. The molecule has 0 saturated heterocycles. The van der Waals surface area contributed by atoms with Crippen molar-refractivity contribution in [3.63, 3.8) is 0 Å². The first-order chi connectivity index (χ1) is 10.2. The molecule has 0 saturated carbocycles. The molecule has 5 heteroatoms. The van der Waals surface area contributed by atoms with Crippen LogP contribution in [0.3, 0.4) is 0 Å². The lowest BCUT2D eigenvalue weighted by molar-refractivity contribution is 0.126. The van der Waals surface area contributed by atoms with Crippen molar-refractivity contribution in [3.8, 4) is 0 Å². The number of likely N-dealkylation sites (N-methyl/N-ethyl adjacent to an activating group) is 1. The van der Waals surface area contributed by atoms with Crippen LogP contribution in [0.4, 0.5) is 0 Å². The Balaban J connectivity index is 2.22. The molecule has 1 heterocycles. The first-order valence-electron chi connectivity index (χ1n) is 6.68. The number of nitrogens with zero attached hydrogens (tertiary/aromatic N) is 3. The number of pyridine rings is 1. The normalized spacial score (nSPS) is 11.7. The monoisotopic (exact) mass is 347 g/mol. The lowest BCUT2D eigenvalue weighted by Crippen LogP contribution is -2.17. The third-order valence-electron chi connectivity index (χ3n) is 2.86. The molecule has 2 aromatic rings. The van der Waals surface area contributed by atoms with Gasteiger partial charge in [0.25, 0.3) is 0 Å². The van der Waals surface area contributed by atoms with E-state index < -0.39 is 0 Å². The topological polar surface area (TPSA) is 37.7 Å². The SMILES string of the molecule is CN(C)CCO/N=C(\c1ccncc1)c1ccc(Br)cc1. The minimum atomic E-state index is 0.554. The van der Waals surface area contributed by atoms with E-state index in [4.69, 9.17) is 4.84 Å². The maximum Gasteiger partial charge on any atom is 0.129 e. The minimum Gasteiger partial charge on any atom is -0.394 e. The van der Waals surface area contributed by atoms with E-state index >= 15 is 0 Å². The molecule has 0 aliphatic carbocycles. The molecule has 110 valence electrons. The molecular formula is C16H18BrN3O. The summed E-state index contributed by atoms with van der Waals surface area (Å²) in [4.78, 5) is 11.6. The van der Waals surface area contributed by atoms with E-state index in [0.29, 0.717) is 6.61 Å². The Morgan fingerprint density at radius 1 is 1.10 bits per heavy atom. The number of halogens is 1. The maximum absolute atomic E-state index is 5.46. The first-order valence-corrected chi connectivity index (χ1v) is 7.47. The number of hydrogen-bond donors (Lipinski definition) is 0. The maximum atomic E-state index is 5.46. The van der Waals surface area contributed by atoms with Crippen LogP contribution in [0.1, 0.15) is 11.1 Å². The lowest BCUT2D eigenvalue weighted by Gasteiger charge is -2.10. The van der Waals surface area contributed by atoms with Crippen molar-refractivity contribution in [2.75, 3.05) is 27.2 Å². The van der Waals surface area contributed by atoms with Crippen LogP contribution in [0.2, 0.25) is 0 Å². The van der Waals surface area contributed by atoms with Crippen molar-refractivity contribution in [1.82, 2.24) is 9.88 Å². The van der Waals surface area contributed by atoms with Gasteiger partial charge in [-0.25, -0.2) is 0 Å². The molecule has 0 aliphatic rings. The van der Waals surface area contributed by atoms with E-state index in [1.165, 1.54) is 0 Å². The van der Waals surface area contributed by atoms with Gasteiger partial charge in [0, 0.05) is 34.5 Å². The average molecular weight is 348 g/mol. The second-order valence-electron chi connectivity index (χ2n) is 4.82. The fourth-order valence-electron chi connectivity index (χ4n) is 1.72. The van der Waals surface area contributed by atoms with Crippen LogP contribution in [0.5, 0.6) is 0 Å². The Hall–Kier alpha value is -1.72. The molecule has 0 amide bonds. The molecule has 21 heavy (non-hydrogen) atoms. The van der Waals surface area contributed by atoms with Crippen LogP contribution < -0.4 is 0 Å². The molecule has 0 radical (unpaired) electrons. The van der Waals surface area contributed by atoms with Crippen LogP contribution in [-0.2, 0) is 4.84 Å². The summed E-state index contributed by atoms with van der Waals surface area (Å²) in [7, 11) is 4.01. The molecule has 0 bridgehead atoms. The van der Waals surface area contributed by atoms with Crippen molar-refractivity contribution in [3.05, 3.63) is 64.4 Å². The Bertz CT molecular complexity index is 582. The number of oxime groups is 1. The van der Waals surface area contributed by atoms with Crippen molar-refractivity contribution >= 4 is 21.6 Å². The van der Waals surface area contributed by atoms with Crippen molar-refractivity contribution in [2.45, 2.75) is 0 Å². The van der Waals surface area contributed by atoms with Crippen LogP contribution >= 0.6 is 15.9 Å². The van der Waals surface area contributed by atoms with Gasteiger partial charge in [-0.2, -0.15) is 0 Å². The summed E-state index contributed by atoms with van der Waals surface area (Å²) in [6.07, 6.45) is 3.51. The molecule has 1 aromatic carbocycles. The highest BCUT2D eigenvalue weighted by Crippen LogP contribution is 2.15. The van der Waals surface area contributed by atoms with E-state index in [2.05, 4.69) is 31.0 Å². The van der Waals surface area contributed by atoms with Gasteiger partial charge >= 0.3 is 0 Å². The largest absolute Gasteiger partial charge is 0.394 e. The zero-order valence-corrected chi connectivity index (χ0v) is 13.7. The smallest absolute Gasteiger partial charge is 0.129 e. The van der Waals surface area contributed by atoms with E-state index in [1.54, 1.807) is 12.4 Å². The third-order valence-corrected chi connectivity index (χ3v) is 3.39. The van der Waals surface area contributed by atoms with E-state index in [0.717, 1.165) is 27.9 Å². The zero-order valence-electron chi connectivity index (χ0n) is 12.2. The van der Waals surface area contributed by atoms with Gasteiger partial charge in [0.05, 0.1) is 0 Å². The Morgan fingerprint density at radius 3 is 2.33 bits per heavy atom. The molecule has 0 fully saturated rings. The van der Waals surface area contributed by atoms with Gasteiger partial charge in [-0.05, 0) is 38.4 Å². The molecular weight excluding hydrogens is 330 g/mol. The van der Waals surface area contributed by atoms with Gasteiger partial charge < -0.3 is 9.74 Å².